The molecule has 0 aliphatic carbocycles. The van der Waals surface area contributed by atoms with E-state index in [1.807, 2.05) is 36.2 Å². The zero-order valence-corrected chi connectivity index (χ0v) is 15.1. The molecule has 0 spiro atoms. The van der Waals surface area contributed by atoms with Gasteiger partial charge in [-0.25, -0.2) is 0 Å². The number of benzene rings is 2. The molecule has 2 aromatic rings. The van der Waals surface area contributed by atoms with Crippen LogP contribution in [-0.2, 0) is 11.2 Å². The number of nitrogens with zero attached hydrogens (tertiary/aromatic N) is 2. The van der Waals surface area contributed by atoms with Crippen molar-refractivity contribution in [3.05, 3.63) is 71.4 Å². The summed E-state index contributed by atoms with van der Waals surface area (Å²) in [6, 6.07) is 17.0. The molecule has 1 heterocycles. The van der Waals surface area contributed by atoms with Crippen molar-refractivity contribution >= 4 is 32.2 Å². The van der Waals surface area contributed by atoms with Gasteiger partial charge in [-0.1, -0.05) is 0 Å². The Morgan fingerprint density at radius 2 is 1.88 bits per heavy atom. The van der Waals surface area contributed by atoms with E-state index in [1.54, 1.807) is 29.2 Å². The average Bonchev–Trinajstić information content (AvgIpc) is 2.78. The van der Waals surface area contributed by atoms with E-state index < -0.39 is 0 Å². The molecule has 0 unspecified atom stereocenters. The van der Waals surface area contributed by atoms with Gasteiger partial charge < -0.3 is 0 Å². The fourth-order valence-electron chi connectivity index (χ4n) is 2.67. The van der Waals surface area contributed by atoms with Crippen LogP contribution in [0, 0.1) is 0 Å². The number of carbonyl (C=O) groups excluding carboxylic acids is 1. The first-order chi connectivity index (χ1) is 11.6. The van der Waals surface area contributed by atoms with Gasteiger partial charge in [-0.05, 0) is 0 Å². The molecule has 2 aromatic carbocycles. The normalized spacial score (nSPS) is 16.3. The Morgan fingerprint density at radius 1 is 1.12 bits per heavy atom. The molecule has 0 bridgehead atoms. The first-order valence-corrected chi connectivity index (χ1v) is 8.56. The van der Waals surface area contributed by atoms with Gasteiger partial charge in [0.1, 0.15) is 0 Å². The van der Waals surface area contributed by atoms with Gasteiger partial charge in [0.2, 0.25) is 0 Å². The number of phenols is 1. The second kappa shape index (κ2) is 7.03. The molecule has 4 nitrogen and oxygen atoms in total. The van der Waals surface area contributed by atoms with Crippen LogP contribution in [0.2, 0.25) is 0 Å². The number of hydrogen-bond donors (Lipinski definition) is 1. The Hall–Kier alpha value is -2.36. The van der Waals surface area contributed by atoms with Crippen LogP contribution in [-0.4, -0.2) is 54.6 Å². The van der Waals surface area contributed by atoms with E-state index in [0.29, 0.717) is 12.2 Å². The molecule has 5 heteroatoms. The van der Waals surface area contributed by atoms with Crippen LogP contribution >= 0.6 is 0 Å². The van der Waals surface area contributed by atoms with Crippen LogP contribution in [0.3, 0.4) is 0 Å². The summed E-state index contributed by atoms with van der Waals surface area (Å²) < 4.78 is 0.794. The number of phenolic OH excluding ortho intramolecular Hbond substituents is 1. The zero-order valence-electron chi connectivity index (χ0n) is 13.3. The average molecular weight is 385 g/mol. The van der Waals surface area contributed by atoms with Gasteiger partial charge in [0, 0.05) is 0 Å². The third kappa shape index (κ3) is 3.42. The number of aromatic hydroxyl groups is 1. The van der Waals surface area contributed by atoms with E-state index in [1.165, 1.54) is 5.56 Å². The number of carbonyl (C=O) groups is 1. The van der Waals surface area contributed by atoms with Crippen LogP contribution in [0.4, 0.5) is 0 Å². The van der Waals surface area contributed by atoms with E-state index in [4.69, 9.17) is 0 Å². The van der Waals surface area contributed by atoms with Crippen molar-refractivity contribution in [2.45, 2.75) is 6.42 Å². The molecule has 0 aromatic heterocycles. The monoisotopic (exact) mass is 386 g/mol. The molecule has 0 atom stereocenters. The van der Waals surface area contributed by atoms with Gasteiger partial charge in [-0.15, -0.1) is 0 Å². The van der Waals surface area contributed by atoms with Crippen molar-refractivity contribution in [1.29, 1.82) is 0 Å². The van der Waals surface area contributed by atoms with Crippen molar-refractivity contribution < 1.29 is 9.90 Å². The van der Waals surface area contributed by atoms with Crippen molar-refractivity contribution in [3.8, 4) is 5.75 Å². The summed E-state index contributed by atoms with van der Waals surface area (Å²) in [5, 5.41) is 9.58. The van der Waals surface area contributed by atoms with Crippen molar-refractivity contribution in [2.24, 2.45) is 0 Å². The summed E-state index contributed by atoms with van der Waals surface area (Å²) in [5.74, 6) is 0.149. The molecular weight excluding hydrogens is 367 g/mol. The van der Waals surface area contributed by atoms with E-state index in [2.05, 4.69) is 27.7 Å². The molecule has 122 valence electrons. The molecule has 1 aliphatic rings. The minimum absolute atomic E-state index is 0.0366. The van der Waals surface area contributed by atoms with E-state index >= 15 is 0 Å². The van der Waals surface area contributed by atoms with Gasteiger partial charge >= 0.3 is 149 Å². The summed E-state index contributed by atoms with van der Waals surface area (Å²) in [6.45, 7) is 0.618. The number of likely N-dealkylation sites (N-methyl/N-ethyl adjacent to an activating group) is 1. The van der Waals surface area contributed by atoms with Gasteiger partial charge in [-0.2, -0.15) is 0 Å². The van der Waals surface area contributed by atoms with Gasteiger partial charge in [-0.3, -0.25) is 0 Å². The summed E-state index contributed by atoms with van der Waals surface area (Å²) in [4.78, 5) is 16.3. The third-order valence-corrected chi connectivity index (χ3v) is 5.02. The van der Waals surface area contributed by atoms with Crippen molar-refractivity contribution in [1.82, 2.24) is 9.80 Å². The van der Waals surface area contributed by atoms with Gasteiger partial charge in [0.25, 0.3) is 0 Å². The molecule has 1 aliphatic heterocycles. The summed E-state index contributed by atoms with van der Waals surface area (Å²) in [5.41, 5.74) is 2.58. The Bertz CT molecular complexity index is 802. The van der Waals surface area contributed by atoms with Crippen LogP contribution in [0.25, 0.3) is 6.08 Å². The molecule has 24 heavy (non-hydrogen) atoms. The fourth-order valence-corrected chi connectivity index (χ4v) is 3.24. The Kier molecular flexibility index (Phi) is 4.84. The zero-order chi connectivity index (χ0) is 17.1. The summed E-state index contributed by atoms with van der Waals surface area (Å²) >= 11 is 2.99. The quantitative estimate of drug-likeness (QED) is 0.647. The van der Waals surface area contributed by atoms with Gasteiger partial charge in [0.05, 0.1) is 0 Å². The molecule has 0 saturated carbocycles. The molecule has 0 radical (unpaired) electrons. The van der Waals surface area contributed by atoms with Crippen molar-refractivity contribution in [2.75, 3.05) is 13.6 Å². The first-order valence-electron chi connectivity index (χ1n) is 7.70. The second-order valence-corrected chi connectivity index (χ2v) is 6.42. The number of amides is 1. The van der Waals surface area contributed by atoms with E-state index in [9.17, 15) is 9.90 Å². The SMILES string of the molecule is CN1C(=[Se])N(CCc2ccccc2)C(=O)C1=Cc1cccc(O)c1. The minimum atomic E-state index is -0.0366. The van der Waals surface area contributed by atoms with Crippen LogP contribution in [0.15, 0.2) is 60.3 Å². The molecule has 1 saturated heterocycles. The number of rotatable bonds is 4. The standard InChI is InChI=1S/C19H18N2O2Se/c1-20-17(13-15-8-5-9-16(22)12-15)18(23)21(19(20)24)11-10-14-6-3-2-4-7-14/h2-9,12-13,22H,10-11H2,1H3. The Morgan fingerprint density at radius 3 is 2.58 bits per heavy atom. The molecule has 1 fully saturated rings. The Labute approximate surface area is 149 Å². The molecular formula is C19H18N2O2Se. The predicted octanol–water partition coefficient (Wildman–Crippen LogP) is 2.01. The van der Waals surface area contributed by atoms with Gasteiger partial charge in [0.15, 0.2) is 0 Å². The third-order valence-electron chi connectivity index (χ3n) is 3.98. The summed E-state index contributed by atoms with van der Waals surface area (Å²) in [6.07, 6.45) is 2.59. The van der Waals surface area contributed by atoms with E-state index in [0.717, 1.165) is 16.6 Å². The van der Waals surface area contributed by atoms with Crippen LogP contribution in [0.5, 0.6) is 5.75 Å². The topological polar surface area (TPSA) is 43.8 Å². The van der Waals surface area contributed by atoms with Crippen LogP contribution < -0.4 is 0 Å². The predicted molar refractivity (Wildman–Crippen MR) is 96.5 cm³/mol. The fraction of sp³-hybridized carbons (Fsp3) is 0.158. The molecule has 1 N–H and O–H groups in total. The molecule has 1 amide bonds. The molecule has 3 rings (SSSR count). The number of hydrogen-bond acceptors (Lipinski definition) is 3. The van der Waals surface area contributed by atoms with Crippen LogP contribution in [0.1, 0.15) is 11.1 Å². The first kappa shape index (κ1) is 16.5. The second-order valence-electron chi connectivity index (χ2n) is 5.66. The summed E-state index contributed by atoms with van der Waals surface area (Å²) in [7, 11) is 1.86. The maximum absolute atomic E-state index is 12.7. The Balaban J connectivity index is 1.79. The maximum atomic E-state index is 12.7. The van der Waals surface area contributed by atoms with E-state index in [-0.39, 0.29) is 11.7 Å². The van der Waals surface area contributed by atoms with Crippen molar-refractivity contribution in [3.63, 3.8) is 0 Å².